The molecule has 2 unspecified atom stereocenters. The number of rotatable bonds is 11. The second-order valence-corrected chi connectivity index (χ2v) is 9.09. The van der Waals surface area contributed by atoms with Crippen LogP contribution in [0.3, 0.4) is 0 Å². The maximum Gasteiger partial charge on any atom is 0.315 e. The van der Waals surface area contributed by atoms with Crippen LogP contribution in [-0.4, -0.2) is 63.8 Å². The molecule has 154 valence electrons. The zero-order valence-corrected chi connectivity index (χ0v) is 17.7. The van der Waals surface area contributed by atoms with Crippen molar-refractivity contribution >= 4 is 35.3 Å². The fourth-order valence-electron chi connectivity index (χ4n) is 3.07. The molecule has 1 aromatic carbocycles. The highest BCUT2D eigenvalue weighted by molar-refractivity contribution is 8.01. The minimum atomic E-state index is -0.695. The molecule has 5 nitrogen and oxygen atoms in total. The Morgan fingerprint density at radius 3 is 2.79 bits per heavy atom. The molecule has 28 heavy (non-hydrogen) atoms. The number of hydrogen-bond donors (Lipinski definition) is 2. The van der Waals surface area contributed by atoms with E-state index >= 15 is 0 Å². The predicted molar refractivity (Wildman–Crippen MR) is 115 cm³/mol. The van der Waals surface area contributed by atoms with Crippen LogP contribution in [0.15, 0.2) is 42.5 Å². The Balaban J connectivity index is 1.79. The van der Waals surface area contributed by atoms with Crippen LogP contribution in [0, 0.1) is 5.92 Å². The molecule has 0 amide bonds. The summed E-state index contributed by atoms with van der Waals surface area (Å²) in [7, 11) is 1.38. The molecule has 7 heteroatoms. The molecule has 0 saturated heterocycles. The molecule has 0 bridgehead atoms. The van der Waals surface area contributed by atoms with Gasteiger partial charge in [0.2, 0.25) is 0 Å². The molecule has 0 spiro atoms. The van der Waals surface area contributed by atoms with Crippen LogP contribution < -0.4 is 0 Å². The number of methoxy groups -OCH3 is 1. The van der Waals surface area contributed by atoms with Crippen molar-refractivity contribution in [1.82, 2.24) is 0 Å². The number of thioether (sulfide) groups is 2. The summed E-state index contributed by atoms with van der Waals surface area (Å²) in [5.41, 5.74) is 1.04. The summed E-state index contributed by atoms with van der Waals surface area (Å²) in [6, 6.07) is 9.72. The standard InChI is InChI=1S/C21H28O5S2/c1-26-20(25)14-27-10-5-11-28-21-17(18(23)13-19(21)24)9-8-16(22)12-15-6-3-2-4-7-15/h2-4,6-9,16-18,21-23H,5,10-14H2,1H3/b9-8+/t16?,17?,18-,21-/m1/s1. The van der Waals surface area contributed by atoms with Crippen molar-refractivity contribution in [2.24, 2.45) is 5.92 Å². The summed E-state index contributed by atoms with van der Waals surface area (Å²) in [4.78, 5) is 23.3. The van der Waals surface area contributed by atoms with Gasteiger partial charge in [-0.25, -0.2) is 0 Å². The lowest BCUT2D eigenvalue weighted by Crippen LogP contribution is -2.22. The third kappa shape index (κ3) is 7.62. The average Bonchev–Trinajstić information content (AvgIpc) is 2.96. The van der Waals surface area contributed by atoms with Gasteiger partial charge in [-0.15, -0.1) is 11.8 Å². The zero-order valence-electron chi connectivity index (χ0n) is 16.0. The Morgan fingerprint density at radius 1 is 1.32 bits per heavy atom. The molecule has 0 heterocycles. The number of Topliss-reactive ketones (excluding diaryl/α,β-unsaturated/α-hetero) is 1. The van der Waals surface area contributed by atoms with Crippen LogP contribution in [-0.2, 0) is 20.7 Å². The Bertz CT molecular complexity index is 649. The number of ether oxygens (including phenoxy) is 1. The van der Waals surface area contributed by atoms with E-state index in [0.29, 0.717) is 12.2 Å². The average molecular weight is 425 g/mol. The van der Waals surface area contributed by atoms with Gasteiger partial charge in [-0.3, -0.25) is 9.59 Å². The molecule has 0 radical (unpaired) electrons. The first-order valence-corrected chi connectivity index (χ1v) is 11.6. The number of aliphatic hydroxyl groups is 2. The molecule has 1 saturated carbocycles. The van der Waals surface area contributed by atoms with Crippen molar-refractivity contribution in [2.75, 3.05) is 24.4 Å². The third-order valence-electron chi connectivity index (χ3n) is 4.54. The van der Waals surface area contributed by atoms with Crippen LogP contribution in [0.4, 0.5) is 0 Å². The van der Waals surface area contributed by atoms with E-state index < -0.39 is 12.2 Å². The Morgan fingerprint density at radius 2 is 2.07 bits per heavy atom. The number of carbonyl (C=O) groups is 2. The Kier molecular flexibility index (Phi) is 10.1. The third-order valence-corrected chi connectivity index (χ3v) is 7.02. The van der Waals surface area contributed by atoms with E-state index in [0.717, 1.165) is 23.5 Å². The van der Waals surface area contributed by atoms with Gasteiger partial charge >= 0.3 is 5.97 Å². The molecular formula is C21H28O5S2. The van der Waals surface area contributed by atoms with Crippen LogP contribution >= 0.6 is 23.5 Å². The molecule has 4 atom stereocenters. The lowest BCUT2D eigenvalue weighted by Gasteiger charge is -2.17. The SMILES string of the molecule is COC(=O)CSCCCS[C@H]1C(=O)C[C@@H](O)C1/C=C/C(O)Cc1ccccc1. The maximum atomic E-state index is 12.2. The van der Waals surface area contributed by atoms with E-state index in [1.54, 1.807) is 23.9 Å². The fraction of sp³-hybridized carbons (Fsp3) is 0.524. The number of benzene rings is 1. The largest absolute Gasteiger partial charge is 0.468 e. The Labute approximate surface area is 174 Å². The summed E-state index contributed by atoms with van der Waals surface area (Å²) < 4.78 is 4.60. The molecular weight excluding hydrogens is 396 g/mol. The molecule has 1 fully saturated rings. The van der Waals surface area contributed by atoms with Crippen LogP contribution in [0.1, 0.15) is 18.4 Å². The van der Waals surface area contributed by atoms with Crippen molar-refractivity contribution in [3.05, 3.63) is 48.0 Å². The van der Waals surface area contributed by atoms with E-state index in [1.807, 2.05) is 30.3 Å². The lowest BCUT2D eigenvalue weighted by molar-refractivity contribution is -0.137. The van der Waals surface area contributed by atoms with Gasteiger partial charge in [0, 0.05) is 18.8 Å². The van der Waals surface area contributed by atoms with E-state index in [2.05, 4.69) is 4.74 Å². The van der Waals surface area contributed by atoms with Crippen molar-refractivity contribution in [3.8, 4) is 0 Å². The van der Waals surface area contributed by atoms with Crippen LogP contribution in [0.25, 0.3) is 0 Å². The highest BCUT2D eigenvalue weighted by Gasteiger charge is 2.40. The molecule has 0 aliphatic heterocycles. The lowest BCUT2D eigenvalue weighted by atomic mass is 10.0. The second-order valence-electron chi connectivity index (χ2n) is 6.73. The fourth-order valence-corrected chi connectivity index (χ4v) is 5.38. The first kappa shape index (κ1) is 23.0. The molecule has 2 rings (SSSR count). The van der Waals surface area contributed by atoms with Gasteiger partial charge in [0.25, 0.3) is 0 Å². The highest BCUT2D eigenvalue weighted by Crippen LogP contribution is 2.34. The van der Waals surface area contributed by atoms with Crippen molar-refractivity contribution in [2.45, 2.75) is 36.7 Å². The predicted octanol–water partition coefficient (Wildman–Crippen LogP) is 2.49. The van der Waals surface area contributed by atoms with Crippen molar-refractivity contribution in [3.63, 3.8) is 0 Å². The second kappa shape index (κ2) is 12.3. The first-order valence-electron chi connectivity index (χ1n) is 9.38. The minimum Gasteiger partial charge on any atom is -0.468 e. The summed E-state index contributed by atoms with van der Waals surface area (Å²) in [5.74, 6) is 1.51. The molecule has 1 aliphatic carbocycles. The maximum absolute atomic E-state index is 12.2. The van der Waals surface area contributed by atoms with Gasteiger partial charge in [0.15, 0.2) is 0 Å². The number of esters is 1. The number of aliphatic hydroxyl groups excluding tert-OH is 2. The topological polar surface area (TPSA) is 83.8 Å². The van der Waals surface area contributed by atoms with Crippen LogP contribution in [0.5, 0.6) is 0 Å². The molecule has 1 aromatic rings. The molecule has 2 N–H and O–H groups in total. The van der Waals surface area contributed by atoms with Gasteiger partial charge in [0.1, 0.15) is 5.78 Å². The summed E-state index contributed by atoms with van der Waals surface area (Å²) in [5, 5.41) is 20.2. The van der Waals surface area contributed by atoms with Gasteiger partial charge in [0.05, 0.1) is 30.3 Å². The van der Waals surface area contributed by atoms with Gasteiger partial charge < -0.3 is 14.9 Å². The number of carbonyl (C=O) groups excluding carboxylic acids is 2. The summed E-state index contributed by atoms with van der Waals surface area (Å²) in [6.07, 6.45) is 3.69. The Hall–Kier alpha value is -1.28. The highest BCUT2D eigenvalue weighted by atomic mass is 32.2. The smallest absolute Gasteiger partial charge is 0.315 e. The van der Waals surface area contributed by atoms with E-state index in [1.165, 1.54) is 18.9 Å². The molecule has 0 aromatic heterocycles. The van der Waals surface area contributed by atoms with Gasteiger partial charge in [-0.1, -0.05) is 42.5 Å². The number of hydrogen-bond acceptors (Lipinski definition) is 7. The van der Waals surface area contributed by atoms with Crippen molar-refractivity contribution in [1.29, 1.82) is 0 Å². The first-order chi connectivity index (χ1) is 13.5. The zero-order chi connectivity index (χ0) is 20.4. The van der Waals surface area contributed by atoms with Crippen LogP contribution in [0.2, 0.25) is 0 Å². The molecule has 1 aliphatic rings. The quantitative estimate of drug-likeness (QED) is 0.321. The van der Waals surface area contributed by atoms with Gasteiger partial charge in [-0.05, 0) is 23.5 Å². The van der Waals surface area contributed by atoms with E-state index in [4.69, 9.17) is 0 Å². The van der Waals surface area contributed by atoms with Crippen molar-refractivity contribution < 1.29 is 24.5 Å². The van der Waals surface area contributed by atoms with Gasteiger partial charge in [-0.2, -0.15) is 11.8 Å². The number of ketones is 1. The summed E-state index contributed by atoms with van der Waals surface area (Å²) in [6.45, 7) is 0. The monoisotopic (exact) mass is 424 g/mol. The summed E-state index contributed by atoms with van der Waals surface area (Å²) >= 11 is 3.07. The minimum absolute atomic E-state index is 0.0620. The normalized spacial score (nSPS) is 23.2. The van der Waals surface area contributed by atoms with E-state index in [9.17, 15) is 19.8 Å². The van der Waals surface area contributed by atoms with E-state index in [-0.39, 0.29) is 29.3 Å².